The molecular formula is C64H127NO3. The Morgan fingerprint density at radius 1 is 0.338 bits per heavy atom. The molecular weight excluding hydrogens is 831 g/mol. The molecule has 0 aliphatic heterocycles. The Kier molecular flexibility index (Phi) is 59.7. The molecule has 0 fully saturated rings. The number of allylic oxidation sites excluding steroid dienone is 1. The van der Waals surface area contributed by atoms with E-state index in [0.717, 1.165) is 25.7 Å². The maximum Gasteiger partial charge on any atom is 0.220 e. The monoisotopic (exact) mass is 958 g/mol. The number of unbranched alkanes of at least 4 members (excludes halogenated alkanes) is 53. The topological polar surface area (TPSA) is 69.6 Å². The van der Waals surface area contributed by atoms with Crippen LogP contribution in [0, 0.1) is 0 Å². The first-order valence-electron chi connectivity index (χ1n) is 31.9. The van der Waals surface area contributed by atoms with Crippen molar-refractivity contribution in [2.24, 2.45) is 0 Å². The summed E-state index contributed by atoms with van der Waals surface area (Å²) in [6, 6.07) is -0.618. The van der Waals surface area contributed by atoms with Crippen molar-refractivity contribution in [1.82, 2.24) is 5.32 Å². The van der Waals surface area contributed by atoms with Crippen LogP contribution in [0.2, 0.25) is 0 Å². The Hall–Kier alpha value is -0.870. The molecule has 1 amide bonds. The molecule has 0 aromatic rings. The van der Waals surface area contributed by atoms with Crippen molar-refractivity contribution in [3.8, 4) is 0 Å². The standard InChI is InChI=1S/C64H127NO3/c1-3-5-7-9-11-13-15-17-19-21-22-23-24-25-26-27-28-29-30-31-32-33-34-35-36-37-38-39-40-41-42-43-44-46-48-50-52-54-56-58-60-64(68)65-62(61-66)63(67)59-57-55-53-51-49-47-45-20-18-16-14-12-10-8-6-4-2/h57,59,62-63,66-67H,3-56,58,60-61H2,1-2H3,(H,65,68)/b59-57+. The molecule has 0 heterocycles. The van der Waals surface area contributed by atoms with Gasteiger partial charge in [-0.05, 0) is 19.3 Å². The van der Waals surface area contributed by atoms with Gasteiger partial charge in [-0.25, -0.2) is 0 Å². The van der Waals surface area contributed by atoms with Crippen LogP contribution in [0.25, 0.3) is 0 Å². The number of carbonyl (C=O) groups is 1. The van der Waals surface area contributed by atoms with Crippen molar-refractivity contribution in [2.75, 3.05) is 6.61 Å². The van der Waals surface area contributed by atoms with Gasteiger partial charge in [-0.3, -0.25) is 4.79 Å². The summed E-state index contributed by atoms with van der Waals surface area (Å²) in [7, 11) is 0. The zero-order chi connectivity index (χ0) is 49.2. The normalized spacial score (nSPS) is 12.7. The second-order valence-electron chi connectivity index (χ2n) is 22.2. The molecule has 4 heteroatoms. The summed E-state index contributed by atoms with van der Waals surface area (Å²) in [4.78, 5) is 12.5. The summed E-state index contributed by atoms with van der Waals surface area (Å²) in [6.45, 7) is 4.35. The van der Waals surface area contributed by atoms with Gasteiger partial charge in [-0.2, -0.15) is 0 Å². The fourth-order valence-corrected chi connectivity index (χ4v) is 10.4. The molecule has 0 aliphatic carbocycles. The minimum absolute atomic E-state index is 0.0554. The van der Waals surface area contributed by atoms with Crippen LogP contribution in [0.4, 0.5) is 0 Å². The molecule has 2 unspecified atom stereocenters. The van der Waals surface area contributed by atoms with E-state index in [1.165, 1.54) is 327 Å². The molecule has 0 saturated heterocycles. The van der Waals surface area contributed by atoms with Gasteiger partial charge in [0.25, 0.3) is 0 Å². The second-order valence-corrected chi connectivity index (χ2v) is 22.2. The van der Waals surface area contributed by atoms with Gasteiger partial charge < -0.3 is 15.5 Å². The van der Waals surface area contributed by atoms with E-state index < -0.39 is 12.1 Å². The highest BCUT2D eigenvalue weighted by Gasteiger charge is 2.18. The SMILES string of the molecule is CCCCCCCCCCCCCCCC/C=C/C(O)C(CO)NC(=O)CCCCCCCCCCCCCCCCCCCCCCCCCCCCCCCCCCCCCCCCCC. The zero-order valence-electron chi connectivity index (χ0n) is 46.9. The molecule has 0 bridgehead atoms. The second kappa shape index (κ2) is 60.4. The third kappa shape index (κ3) is 56.0. The molecule has 0 saturated carbocycles. The predicted molar refractivity (Wildman–Crippen MR) is 304 cm³/mol. The summed E-state index contributed by atoms with van der Waals surface area (Å²) < 4.78 is 0. The third-order valence-corrected chi connectivity index (χ3v) is 15.3. The van der Waals surface area contributed by atoms with Crippen molar-refractivity contribution in [2.45, 2.75) is 386 Å². The maximum absolute atomic E-state index is 12.5. The van der Waals surface area contributed by atoms with Gasteiger partial charge in [0.15, 0.2) is 0 Å². The summed E-state index contributed by atoms with van der Waals surface area (Å²) in [6.07, 6.45) is 80.0. The smallest absolute Gasteiger partial charge is 0.220 e. The van der Waals surface area contributed by atoms with Gasteiger partial charge in [0.05, 0.1) is 18.8 Å². The summed E-state index contributed by atoms with van der Waals surface area (Å²) in [5.74, 6) is -0.0554. The van der Waals surface area contributed by atoms with E-state index in [0.29, 0.717) is 6.42 Å². The van der Waals surface area contributed by atoms with Gasteiger partial charge >= 0.3 is 0 Å². The van der Waals surface area contributed by atoms with E-state index >= 15 is 0 Å². The average Bonchev–Trinajstić information content (AvgIpc) is 3.34. The molecule has 3 N–H and O–H groups in total. The van der Waals surface area contributed by atoms with Gasteiger partial charge in [0, 0.05) is 6.42 Å². The lowest BCUT2D eigenvalue weighted by Crippen LogP contribution is -2.45. The summed E-state index contributed by atoms with van der Waals surface area (Å²) in [5, 5.41) is 23.2. The fourth-order valence-electron chi connectivity index (χ4n) is 10.4. The van der Waals surface area contributed by atoms with Crippen molar-refractivity contribution in [3.05, 3.63) is 12.2 Å². The van der Waals surface area contributed by atoms with E-state index in [4.69, 9.17) is 0 Å². The number of aliphatic hydroxyl groups excluding tert-OH is 2. The average molecular weight is 959 g/mol. The van der Waals surface area contributed by atoms with Crippen LogP contribution in [0.5, 0.6) is 0 Å². The lowest BCUT2D eigenvalue weighted by molar-refractivity contribution is -0.123. The van der Waals surface area contributed by atoms with Crippen LogP contribution in [0.3, 0.4) is 0 Å². The van der Waals surface area contributed by atoms with Crippen LogP contribution in [-0.4, -0.2) is 34.9 Å². The lowest BCUT2D eigenvalue weighted by atomic mass is 10.0. The van der Waals surface area contributed by atoms with E-state index in [9.17, 15) is 15.0 Å². The van der Waals surface area contributed by atoms with Crippen LogP contribution in [-0.2, 0) is 4.79 Å². The van der Waals surface area contributed by atoms with Crippen LogP contribution < -0.4 is 5.32 Å². The van der Waals surface area contributed by atoms with Crippen LogP contribution in [0.1, 0.15) is 373 Å². The molecule has 406 valence electrons. The number of nitrogens with one attached hydrogen (secondary N) is 1. The molecule has 0 aromatic heterocycles. The van der Waals surface area contributed by atoms with Crippen LogP contribution >= 0.6 is 0 Å². The van der Waals surface area contributed by atoms with E-state index in [1.807, 2.05) is 6.08 Å². The maximum atomic E-state index is 12.5. The quantitative estimate of drug-likeness (QED) is 0.0420. The van der Waals surface area contributed by atoms with Gasteiger partial charge in [0.2, 0.25) is 5.91 Å². The summed E-state index contributed by atoms with van der Waals surface area (Å²) in [5.41, 5.74) is 0. The van der Waals surface area contributed by atoms with Crippen LogP contribution in [0.15, 0.2) is 12.2 Å². The number of hydrogen-bond acceptors (Lipinski definition) is 3. The van der Waals surface area contributed by atoms with Crippen molar-refractivity contribution < 1.29 is 15.0 Å². The molecule has 0 aliphatic rings. The Labute approximate surface area is 428 Å². The molecule has 0 rings (SSSR count). The molecule has 0 spiro atoms. The first-order valence-corrected chi connectivity index (χ1v) is 31.9. The summed E-state index contributed by atoms with van der Waals surface area (Å²) >= 11 is 0. The lowest BCUT2D eigenvalue weighted by Gasteiger charge is -2.20. The van der Waals surface area contributed by atoms with Crippen molar-refractivity contribution in [1.29, 1.82) is 0 Å². The minimum atomic E-state index is -0.835. The highest BCUT2D eigenvalue weighted by Crippen LogP contribution is 2.19. The molecule has 0 radical (unpaired) electrons. The number of carbonyl (C=O) groups excluding carboxylic acids is 1. The number of amides is 1. The van der Waals surface area contributed by atoms with E-state index in [2.05, 4.69) is 19.2 Å². The zero-order valence-corrected chi connectivity index (χ0v) is 46.9. The number of rotatable bonds is 60. The molecule has 4 nitrogen and oxygen atoms in total. The van der Waals surface area contributed by atoms with Gasteiger partial charge in [-0.1, -0.05) is 360 Å². The fraction of sp³-hybridized carbons (Fsp3) is 0.953. The van der Waals surface area contributed by atoms with Gasteiger partial charge in [-0.15, -0.1) is 0 Å². The Morgan fingerprint density at radius 2 is 0.544 bits per heavy atom. The largest absolute Gasteiger partial charge is 0.394 e. The van der Waals surface area contributed by atoms with Gasteiger partial charge in [0.1, 0.15) is 0 Å². The highest BCUT2D eigenvalue weighted by molar-refractivity contribution is 5.76. The predicted octanol–water partition coefficient (Wildman–Crippen LogP) is 21.3. The van der Waals surface area contributed by atoms with Crippen molar-refractivity contribution >= 4 is 5.91 Å². The highest BCUT2D eigenvalue weighted by atomic mass is 16.3. The Bertz CT molecular complexity index is 952. The van der Waals surface area contributed by atoms with E-state index in [-0.39, 0.29) is 12.5 Å². The first kappa shape index (κ1) is 67.1. The number of aliphatic hydroxyl groups is 2. The minimum Gasteiger partial charge on any atom is -0.394 e. The first-order chi connectivity index (χ1) is 33.7. The third-order valence-electron chi connectivity index (χ3n) is 15.3. The Balaban J connectivity index is 3.34. The molecule has 68 heavy (non-hydrogen) atoms. The molecule has 0 aromatic carbocycles. The van der Waals surface area contributed by atoms with E-state index in [1.54, 1.807) is 6.08 Å². The van der Waals surface area contributed by atoms with Crippen molar-refractivity contribution in [3.63, 3.8) is 0 Å². The Morgan fingerprint density at radius 3 is 0.765 bits per heavy atom. The molecule has 2 atom stereocenters. The number of hydrogen-bond donors (Lipinski definition) is 3.